The molecular weight excluding hydrogens is 452 g/mol. The Bertz CT molecular complexity index is 920. The molecule has 2 aromatic rings. The number of thioether (sulfide) groups is 1. The molecule has 142 valence electrons. The van der Waals surface area contributed by atoms with Crippen LogP contribution in [0.2, 0.25) is 5.02 Å². The van der Waals surface area contributed by atoms with Crippen LogP contribution in [0.4, 0.5) is 5.69 Å². The summed E-state index contributed by atoms with van der Waals surface area (Å²) in [5, 5.41) is 6.92. The van der Waals surface area contributed by atoms with Crippen molar-refractivity contribution < 1.29 is 14.3 Å². The van der Waals surface area contributed by atoms with E-state index in [2.05, 4.69) is 26.6 Å². The van der Waals surface area contributed by atoms with Crippen LogP contribution >= 0.6 is 39.3 Å². The Balaban J connectivity index is 1.80. The molecule has 1 amide bonds. The van der Waals surface area contributed by atoms with Gasteiger partial charge in [0, 0.05) is 10.7 Å². The van der Waals surface area contributed by atoms with Crippen molar-refractivity contribution in [3.8, 4) is 11.5 Å². The van der Waals surface area contributed by atoms with E-state index >= 15 is 0 Å². The number of benzene rings is 2. The fourth-order valence-corrected chi connectivity index (χ4v) is 4.49. The van der Waals surface area contributed by atoms with E-state index in [0.29, 0.717) is 21.4 Å². The molecule has 1 atom stereocenters. The minimum Gasteiger partial charge on any atom is -0.493 e. The number of rotatable bonds is 5. The predicted molar refractivity (Wildman–Crippen MR) is 115 cm³/mol. The highest BCUT2D eigenvalue weighted by atomic mass is 79.9. The molecule has 0 spiro atoms. The Morgan fingerprint density at radius 3 is 2.70 bits per heavy atom. The van der Waals surface area contributed by atoms with E-state index in [1.807, 2.05) is 43.3 Å². The molecule has 1 saturated heterocycles. The summed E-state index contributed by atoms with van der Waals surface area (Å²) in [7, 11) is 3.16. The van der Waals surface area contributed by atoms with Gasteiger partial charge < -0.3 is 20.1 Å². The van der Waals surface area contributed by atoms with Gasteiger partial charge in [0.05, 0.1) is 23.6 Å². The van der Waals surface area contributed by atoms with Crippen molar-refractivity contribution in [1.82, 2.24) is 5.32 Å². The van der Waals surface area contributed by atoms with E-state index in [9.17, 15) is 4.79 Å². The highest BCUT2D eigenvalue weighted by Crippen LogP contribution is 2.38. The lowest BCUT2D eigenvalue weighted by Gasteiger charge is -2.15. The summed E-state index contributed by atoms with van der Waals surface area (Å²) in [6, 6.07) is 9.30. The van der Waals surface area contributed by atoms with Crippen LogP contribution in [0.1, 0.15) is 11.1 Å². The zero-order chi connectivity index (χ0) is 19.6. The SMILES string of the molecule is COc1cc(/C=C2\SC(Nc3ccc(Cl)cc3C)NC2=O)cc(Br)c1OC. The van der Waals surface area contributed by atoms with Crippen molar-refractivity contribution in [3.05, 3.63) is 55.9 Å². The molecule has 0 saturated carbocycles. The highest BCUT2D eigenvalue weighted by molar-refractivity contribution is 9.10. The summed E-state index contributed by atoms with van der Waals surface area (Å²) in [5.41, 5.74) is 2.51. The Hall–Kier alpha value is -1.83. The molecule has 3 rings (SSSR count). The molecule has 1 aliphatic heterocycles. The Kier molecular flexibility index (Phi) is 6.24. The molecule has 2 aromatic carbocycles. The maximum absolute atomic E-state index is 12.4. The quantitative estimate of drug-likeness (QED) is 0.602. The van der Waals surface area contributed by atoms with Crippen LogP contribution < -0.4 is 20.1 Å². The number of nitrogens with one attached hydrogen (secondary N) is 2. The number of carbonyl (C=O) groups excluding carboxylic acids is 1. The number of amides is 1. The lowest BCUT2D eigenvalue weighted by Crippen LogP contribution is -2.31. The topological polar surface area (TPSA) is 59.6 Å². The van der Waals surface area contributed by atoms with Gasteiger partial charge in [-0.05, 0) is 70.4 Å². The van der Waals surface area contributed by atoms with Gasteiger partial charge in [-0.3, -0.25) is 4.79 Å². The number of aryl methyl sites for hydroxylation is 1. The third-order valence-corrected chi connectivity index (χ3v) is 5.81. The highest BCUT2D eigenvalue weighted by Gasteiger charge is 2.27. The molecule has 1 unspecified atom stereocenters. The zero-order valence-electron chi connectivity index (χ0n) is 14.9. The zero-order valence-corrected chi connectivity index (χ0v) is 18.1. The number of hydrogen-bond acceptors (Lipinski definition) is 5. The molecule has 8 heteroatoms. The normalized spacial score (nSPS) is 17.7. The molecule has 1 fully saturated rings. The Morgan fingerprint density at radius 2 is 2.04 bits per heavy atom. The largest absolute Gasteiger partial charge is 0.493 e. The minimum atomic E-state index is -0.257. The minimum absolute atomic E-state index is 0.130. The van der Waals surface area contributed by atoms with Gasteiger partial charge >= 0.3 is 0 Å². The number of halogens is 2. The summed E-state index contributed by atoms with van der Waals surface area (Å²) in [6.07, 6.45) is 1.82. The third-order valence-electron chi connectivity index (χ3n) is 3.96. The van der Waals surface area contributed by atoms with Gasteiger partial charge in [0.15, 0.2) is 17.0 Å². The van der Waals surface area contributed by atoms with Crippen LogP contribution in [0.15, 0.2) is 39.7 Å². The molecular formula is C19H18BrClN2O3S. The van der Waals surface area contributed by atoms with Gasteiger partial charge in [-0.2, -0.15) is 0 Å². The monoisotopic (exact) mass is 468 g/mol. The number of hydrogen-bond donors (Lipinski definition) is 2. The van der Waals surface area contributed by atoms with E-state index in [0.717, 1.165) is 21.3 Å². The van der Waals surface area contributed by atoms with Crippen molar-refractivity contribution >= 4 is 57.0 Å². The summed E-state index contributed by atoms with van der Waals surface area (Å²) in [4.78, 5) is 13.0. The van der Waals surface area contributed by atoms with Crippen LogP contribution in [0.5, 0.6) is 11.5 Å². The van der Waals surface area contributed by atoms with Gasteiger partial charge in [0.2, 0.25) is 0 Å². The maximum Gasteiger partial charge on any atom is 0.260 e. The number of ether oxygens (including phenoxy) is 2. The van der Waals surface area contributed by atoms with E-state index in [-0.39, 0.29) is 11.4 Å². The first-order valence-corrected chi connectivity index (χ1v) is 10.1. The van der Waals surface area contributed by atoms with Crippen LogP contribution in [0.25, 0.3) is 6.08 Å². The van der Waals surface area contributed by atoms with Gasteiger partial charge in [-0.25, -0.2) is 0 Å². The van der Waals surface area contributed by atoms with Gasteiger partial charge in [0.25, 0.3) is 5.91 Å². The lowest BCUT2D eigenvalue weighted by molar-refractivity contribution is -0.116. The summed E-state index contributed by atoms with van der Waals surface area (Å²) >= 11 is 10.9. The molecule has 1 aliphatic rings. The van der Waals surface area contributed by atoms with Crippen LogP contribution in [-0.2, 0) is 4.79 Å². The first-order valence-electron chi connectivity index (χ1n) is 8.04. The van der Waals surface area contributed by atoms with Gasteiger partial charge in [0.1, 0.15) is 0 Å². The first-order chi connectivity index (χ1) is 12.9. The average molecular weight is 470 g/mol. The molecule has 2 N–H and O–H groups in total. The van der Waals surface area contributed by atoms with Gasteiger partial charge in [-0.15, -0.1) is 0 Å². The third kappa shape index (κ3) is 4.54. The van der Waals surface area contributed by atoms with Crippen molar-refractivity contribution in [2.75, 3.05) is 19.5 Å². The number of anilines is 1. The summed E-state index contributed by atoms with van der Waals surface area (Å²) < 4.78 is 11.4. The smallest absolute Gasteiger partial charge is 0.260 e. The fourth-order valence-electron chi connectivity index (χ4n) is 2.67. The second-order valence-corrected chi connectivity index (χ2v) is 8.26. The number of carbonyl (C=O) groups is 1. The molecule has 0 aromatic heterocycles. The fraction of sp³-hybridized carbons (Fsp3) is 0.211. The lowest BCUT2D eigenvalue weighted by atomic mass is 10.2. The molecule has 5 nitrogen and oxygen atoms in total. The standard InChI is InChI=1S/C19H18BrClN2O3S/c1-10-6-12(21)4-5-14(10)22-19-23-18(24)16(27-19)9-11-7-13(20)17(26-3)15(8-11)25-2/h4-9,19,22H,1-3H3,(H,23,24)/b16-9-. The molecule has 0 bridgehead atoms. The molecule has 0 radical (unpaired) electrons. The van der Waals surface area contributed by atoms with E-state index in [4.69, 9.17) is 21.1 Å². The molecule has 0 aliphatic carbocycles. The van der Waals surface area contributed by atoms with E-state index < -0.39 is 0 Å². The van der Waals surface area contributed by atoms with Gasteiger partial charge in [-0.1, -0.05) is 23.4 Å². The maximum atomic E-state index is 12.4. The Labute approximate surface area is 175 Å². The van der Waals surface area contributed by atoms with Crippen LogP contribution in [0.3, 0.4) is 0 Å². The van der Waals surface area contributed by atoms with Crippen molar-refractivity contribution in [2.45, 2.75) is 12.4 Å². The van der Waals surface area contributed by atoms with Crippen molar-refractivity contribution in [2.24, 2.45) is 0 Å². The predicted octanol–water partition coefficient (Wildman–Crippen LogP) is 5.03. The summed E-state index contributed by atoms with van der Waals surface area (Å²) in [6.45, 7) is 1.97. The van der Waals surface area contributed by atoms with E-state index in [1.165, 1.54) is 11.8 Å². The van der Waals surface area contributed by atoms with E-state index in [1.54, 1.807) is 14.2 Å². The number of methoxy groups -OCH3 is 2. The molecule has 27 heavy (non-hydrogen) atoms. The van der Waals surface area contributed by atoms with Crippen LogP contribution in [0, 0.1) is 6.92 Å². The first kappa shape index (κ1) is 19.9. The Morgan fingerprint density at radius 1 is 1.26 bits per heavy atom. The molecule has 1 heterocycles. The summed E-state index contributed by atoms with van der Waals surface area (Å²) in [5.74, 6) is 1.07. The van der Waals surface area contributed by atoms with Crippen LogP contribution in [-0.4, -0.2) is 25.6 Å². The second kappa shape index (κ2) is 8.46. The second-order valence-electron chi connectivity index (χ2n) is 5.82. The average Bonchev–Trinajstić information content (AvgIpc) is 2.96. The van der Waals surface area contributed by atoms with Crippen molar-refractivity contribution in [3.63, 3.8) is 0 Å². The van der Waals surface area contributed by atoms with Crippen molar-refractivity contribution in [1.29, 1.82) is 0 Å².